The van der Waals surface area contributed by atoms with E-state index >= 15 is 0 Å². The van der Waals surface area contributed by atoms with Crippen LogP contribution in [-0.2, 0) is 9.53 Å². The van der Waals surface area contributed by atoms with Gasteiger partial charge in [0.15, 0.2) is 0 Å². The van der Waals surface area contributed by atoms with E-state index in [1.165, 1.54) is 5.56 Å². The first kappa shape index (κ1) is 15.0. The molecule has 0 radical (unpaired) electrons. The summed E-state index contributed by atoms with van der Waals surface area (Å²) >= 11 is 3.46. The molecule has 3 atom stereocenters. The van der Waals surface area contributed by atoms with Crippen LogP contribution in [0.1, 0.15) is 31.2 Å². The van der Waals surface area contributed by atoms with Gasteiger partial charge in [-0.25, -0.2) is 0 Å². The smallest absolute Gasteiger partial charge is 0.226 e. The second kappa shape index (κ2) is 6.49. The summed E-state index contributed by atoms with van der Waals surface area (Å²) in [4.78, 5) is 14.7. The molecule has 21 heavy (non-hydrogen) atoms. The Kier molecular flexibility index (Phi) is 4.65. The number of hydrogen-bond donors (Lipinski definition) is 0. The monoisotopic (exact) mass is 351 g/mol. The van der Waals surface area contributed by atoms with E-state index in [1.807, 2.05) is 4.90 Å². The molecule has 1 aliphatic heterocycles. The van der Waals surface area contributed by atoms with Crippen LogP contribution in [-0.4, -0.2) is 37.1 Å². The molecule has 3 nitrogen and oxygen atoms in total. The molecule has 1 saturated carbocycles. The summed E-state index contributed by atoms with van der Waals surface area (Å²) in [5.74, 6) is 1.46. The molecule has 3 unspecified atom stereocenters. The minimum Gasteiger partial charge on any atom is -0.381 e. The first-order chi connectivity index (χ1) is 10.2. The zero-order chi connectivity index (χ0) is 14.8. The van der Waals surface area contributed by atoms with Crippen LogP contribution in [0.15, 0.2) is 28.7 Å². The largest absolute Gasteiger partial charge is 0.381 e. The van der Waals surface area contributed by atoms with Gasteiger partial charge in [0, 0.05) is 36.0 Å². The summed E-state index contributed by atoms with van der Waals surface area (Å²) in [6.07, 6.45) is 2.09. The number of amides is 1. The molecule has 2 aliphatic rings. The van der Waals surface area contributed by atoms with Gasteiger partial charge in [-0.3, -0.25) is 4.79 Å². The van der Waals surface area contributed by atoms with Crippen molar-refractivity contribution >= 4 is 21.8 Å². The number of ether oxygens (including phenoxy) is 1. The molecule has 1 amide bonds. The normalized spacial score (nSPS) is 27.6. The fourth-order valence-electron chi connectivity index (χ4n) is 3.19. The van der Waals surface area contributed by atoms with Crippen LogP contribution >= 0.6 is 15.9 Å². The molecular formula is C17H22BrNO2. The van der Waals surface area contributed by atoms with E-state index in [0.29, 0.717) is 17.7 Å². The lowest BCUT2D eigenvalue weighted by molar-refractivity contribution is -0.133. The average Bonchev–Trinajstić information content (AvgIpc) is 3.13. The quantitative estimate of drug-likeness (QED) is 0.813. The van der Waals surface area contributed by atoms with E-state index in [2.05, 4.69) is 47.1 Å². The molecule has 3 rings (SSSR count). The van der Waals surface area contributed by atoms with E-state index < -0.39 is 0 Å². The van der Waals surface area contributed by atoms with Gasteiger partial charge in [0.25, 0.3) is 0 Å². The number of carbonyl (C=O) groups excluding carboxylic acids is 1. The van der Waals surface area contributed by atoms with Crippen molar-refractivity contribution in [1.82, 2.24) is 4.90 Å². The molecule has 0 spiro atoms. The first-order valence-corrected chi connectivity index (χ1v) is 8.60. The number of carbonyl (C=O) groups is 1. The third kappa shape index (κ3) is 3.49. The Labute approximate surface area is 134 Å². The molecule has 1 saturated heterocycles. The van der Waals surface area contributed by atoms with Gasteiger partial charge in [0.1, 0.15) is 0 Å². The van der Waals surface area contributed by atoms with Crippen molar-refractivity contribution in [3.05, 3.63) is 34.3 Å². The fraction of sp³-hybridized carbons (Fsp3) is 0.588. The number of rotatable bonds is 5. The average molecular weight is 352 g/mol. The predicted octanol–water partition coefficient (Wildman–Crippen LogP) is 3.44. The zero-order valence-corrected chi connectivity index (χ0v) is 14.0. The van der Waals surface area contributed by atoms with Crippen molar-refractivity contribution in [3.63, 3.8) is 0 Å². The highest BCUT2D eigenvalue weighted by molar-refractivity contribution is 9.10. The van der Waals surface area contributed by atoms with Crippen LogP contribution in [0, 0.1) is 11.8 Å². The van der Waals surface area contributed by atoms with Gasteiger partial charge in [0.2, 0.25) is 5.91 Å². The Bertz CT molecular complexity index is 496. The van der Waals surface area contributed by atoms with Crippen LogP contribution < -0.4 is 0 Å². The van der Waals surface area contributed by atoms with Gasteiger partial charge in [-0.2, -0.15) is 0 Å². The maximum Gasteiger partial charge on any atom is 0.226 e. The molecular weight excluding hydrogens is 330 g/mol. The van der Waals surface area contributed by atoms with Crippen LogP contribution in [0.4, 0.5) is 0 Å². The van der Waals surface area contributed by atoms with Gasteiger partial charge < -0.3 is 9.64 Å². The summed E-state index contributed by atoms with van der Waals surface area (Å²) in [5, 5.41) is 0. The molecule has 1 aromatic rings. The lowest BCUT2D eigenvalue weighted by Gasteiger charge is -2.24. The van der Waals surface area contributed by atoms with Crippen LogP contribution in [0.5, 0.6) is 0 Å². The molecule has 2 fully saturated rings. The lowest BCUT2D eigenvalue weighted by atomic mass is 10.1. The standard InChI is InChI=1S/C17H22BrNO2/c1-2-19(10-12-7-8-21-11-12)17(20)16-9-15(16)13-3-5-14(18)6-4-13/h3-6,12,15-16H,2,7-11H2,1H3. The second-order valence-electron chi connectivity index (χ2n) is 6.11. The molecule has 0 bridgehead atoms. The van der Waals surface area contributed by atoms with Gasteiger partial charge in [-0.1, -0.05) is 28.1 Å². The summed E-state index contributed by atoms with van der Waals surface area (Å²) in [6.45, 7) is 5.40. The predicted molar refractivity (Wildman–Crippen MR) is 86.2 cm³/mol. The van der Waals surface area contributed by atoms with E-state index in [1.54, 1.807) is 0 Å². The Balaban J connectivity index is 1.58. The second-order valence-corrected chi connectivity index (χ2v) is 7.02. The van der Waals surface area contributed by atoms with E-state index in [-0.39, 0.29) is 5.92 Å². The van der Waals surface area contributed by atoms with Crippen molar-refractivity contribution in [2.75, 3.05) is 26.3 Å². The van der Waals surface area contributed by atoms with Crippen LogP contribution in [0.3, 0.4) is 0 Å². The molecule has 1 heterocycles. The molecule has 0 N–H and O–H groups in total. The highest BCUT2D eigenvalue weighted by Crippen LogP contribution is 2.48. The lowest BCUT2D eigenvalue weighted by Crippen LogP contribution is -2.36. The Morgan fingerprint density at radius 2 is 2.14 bits per heavy atom. The van der Waals surface area contributed by atoms with Crippen LogP contribution in [0.2, 0.25) is 0 Å². The SMILES string of the molecule is CCN(CC1CCOC1)C(=O)C1CC1c1ccc(Br)cc1. The summed E-state index contributed by atoms with van der Waals surface area (Å²) in [7, 11) is 0. The van der Waals surface area contributed by atoms with E-state index in [4.69, 9.17) is 4.74 Å². The Morgan fingerprint density at radius 1 is 1.38 bits per heavy atom. The van der Waals surface area contributed by atoms with Crippen molar-refractivity contribution in [2.45, 2.75) is 25.7 Å². The van der Waals surface area contributed by atoms with Crippen molar-refractivity contribution in [1.29, 1.82) is 0 Å². The topological polar surface area (TPSA) is 29.5 Å². The summed E-state index contributed by atoms with van der Waals surface area (Å²) < 4.78 is 6.51. The molecule has 1 aromatic carbocycles. The zero-order valence-electron chi connectivity index (χ0n) is 12.4. The highest BCUT2D eigenvalue weighted by atomic mass is 79.9. The first-order valence-electron chi connectivity index (χ1n) is 7.81. The van der Waals surface area contributed by atoms with Crippen molar-refractivity contribution in [2.24, 2.45) is 11.8 Å². The third-order valence-corrected chi connectivity index (χ3v) is 5.13. The van der Waals surface area contributed by atoms with Gasteiger partial charge >= 0.3 is 0 Å². The number of nitrogens with zero attached hydrogens (tertiary/aromatic N) is 1. The molecule has 114 valence electrons. The number of benzene rings is 1. The fourth-order valence-corrected chi connectivity index (χ4v) is 3.46. The third-order valence-electron chi connectivity index (χ3n) is 4.60. The van der Waals surface area contributed by atoms with Gasteiger partial charge in [-0.05, 0) is 43.4 Å². The van der Waals surface area contributed by atoms with E-state index in [0.717, 1.165) is 43.6 Å². The van der Waals surface area contributed by atoms with Crippen molar-refractivity contribution in [3.8, 4) is 0 Å². The van der Waals surface area contributed by atoms with Crippen LogP contribution in [0.25, 0.3) is 0 Å². The highest BCUT2D eigenvalue weighted by Gasteiger charge is 2.45. The summed E-state index contributed by atoms with van der Waals surface area (Å²) in [5.41, 5.74) is 1.29. The Morgan fingerprint density at radius 3 is 2.76 bits per heavy atom. The maximum absolute atomic E-state index is 12.7. The molecule has 1 aliphatic carbocycles. The molecule has 0 aromatic heterocycles. The summed E-state index contributed by atoms with van der Waals surface area (Å²) in [6, 6.07) is 8.37. The maximum atomic E-state index is 12.7. The minimum atomic E-state index is 0.188. The van der Waals surface area contributed by atoms with E-state index in [9.17, 15) is 4.79 Å². The van der Waals surface area contributed by atoms with Gasteiger partial charge in [-0.15, -0.1) is 0 Å². The molecule has 4 heteroatoms. The van der Waals surface area contributed by atoms with Crippen molar-refractivity contribution < 1.29 is 9.53 Å². The van der Waals surface area contributed by atoms with Gasteiger partial charge in [0.05, 0.1) is 6.61 Å². The number of halogens is 1. The Hall–Kier alpha value is -0.870. The minimum absolute atomic E-state index is 0.188. The number of hydrogen-bond acceptors (Lipinski definition) is 2.